The molecule has 1 atom stereocenters. The molecule has 0 saturated carbocycles. The summed E-state index contributed by atoms with van der Waals surface area (Å²) < 4.78 is 111. The third kappa shape index (κ3) is 4.01. The first-order valence-electron chi connectivity index (χ1n) is 5.83. The first-order valence-corrected chi connectivity index (χ1v) is 7.27. The quantitative estimate of drug-likeness (QED) is 0.368. The number of benzene rings is 1. The second-order valence-corrected chi connectivity index (χ2v) is 5.84. The summed E-state index contributed by atoms with van der Waals surface area (Å²) in [5, 5.41) is -5.91. The number of halogens is 6. The summed E-state index contributed by atoms with van der Waals surface area (Å²) in [5.41, 5.74) is -1.53. The minimum absolute atomic E-state index is 0.365. The number of hydrogen-bond acceptors (Lipinski definition) is 4. The number of rotatable bonds is 5. The molecule has 0 aliphatic rings. The van der Waals surface area contributed by atoms with Gasteiger partial charge in [0.15, 0.2) is 0 Å². The van der Waals surface area contributed by atoms with Crippen molar-refractivity contribution in [1.29, 1.82) is 0 Å². The number of hydrogen-bond donors (Lipinski definition) is 1. The molecule has 1 aromatic rings. The molecule has 0 heterocycles. The average molecular weight is 376 g/mol. The summed E-state index contributed by atoms with van der Waals surface area (Å²) in [6, 6.07) is 2.69. The van der Waals surface area contributed by atoms with Crippen LogP contribution in [0.3, 0.4) is 0 Å². The van der Waals surface area contributed by atoms with Crippen LogP contribution >= 0.6 is 0 Å². The molecule has 0 amide bonds. The zero-order valence-electron chi connectivity index (χ0n) is 11.4. The van der Waals surface area contributed by atoms with Gasteiger partial charge in [0.25, 0.3) is 6.10 Å². The van der Waals surface area contributed by atoms with E-state index in [1.54, 1.807) is 0 Å². The fraction of sp³-hybridized carbons (Fsp3) is 0.364. The molecular weight excluding hydrogens is 369 g/mol. The highest BCUT2D eigenvalue weighted by atomic mass is 32.2. The van der Waals surface area contributed by atoms with Gasteiger partial charge in [0.1, 0.15) is 5.82 Å². The highest BCUT2D eigenvalue weighted by Gasteiger charge is 2.66. The van der Waals surface area contributed by atoms with Gasteiger partial charge in [-0.05, 0) is 11.6 Å². The molecule has 0 saturated heterocycles. The Labute approximate surface area is 132 Å². The van der Waals surface area contributed by atoms with E-state index in [2.05, 4.69) is 4.74 Å². The summed E-state index contributed by atoms with van der Waals surface area (Å²) in [6.45, 7) is 0. The highest BCUT2D eigenvalue weighted by Crippen LogP contribution is 2.38. The Morgan fingerprint density at radius 3 is 2.21 bits per heavy atom. The molecule has 0 fully saturated rings. The van der Waals surface area contributed by atoms with E-state index in [0.717, 1.165) is 12.1 Å². The lowest BCUT2D eigenvalue weighted by molar-refractivity contribution is -0.248. The van der Waals surface area contributed by atoms with Crippen molar-refractivity contribution in [2.24, 2.45) is 0 Å². The fourth-order valence-corrected chi connectivity index (χ4v) is 2.05. The third-order valence-corrected chi connectivity index (χ3v) is 3.60. The van der Waals surface area contributed by atoms with Gasteiger partial charge in [-0.15, -0.1) is 0 Å². The Balaban J connectivity index is 3.35. The molecule has 0 aromatic heterocycles. The molecule has 1 rings (SSSR count). The molecule has 13 heteroatoms. The van der Waals surface area contributed by atoms with Gasteiger partial charge in [-0.25, -0.2) is 9.18 Å². The van der Waals surface area contributed by atoms with Crippen molar-refractivity contribution in [2.75, 3.05) is 0 Å². The van der Waals surface area contributed by atoms with Crippen LogP contribution < -0.4 is 0 Å². The molecule has 0 bridgehead atoms. The van der Waals surface area contributed by atoms with Crippen molar-refractivity contribution in [1.82, 2.24) is 0 Å². The SMILES string of the molecule is [B]Cc1cccc(F)c1C(=O)OC(C(F)(F)F)C(F)(F)S(=O)(=O)O. The van der Waals surface area contributed by atoms with Crippen LogP contribution in [0.4, 0.5) is 26.3 Å². The minimum Gasteiger partial charge on any atom is -0.441 e. The first kappa shape index (κ1) is 20.3. The van der Waals surface area contributed by atoms with E-state index in [4.69, 9.17) is 12.4 Å². The van der Waals surface area contributed by atoms with Crippen LogP contribution in [0.25, 0.3) is 0 Å². The maximum absolute atomic E-state index is 13.6. The number of esters is 1. The van der Waals surface area contributed by atoms with E-state index in [1.165, 1.54) is 0 Å². The van der Waals surface area contributed by atoms with Crippen molar-refractivity contribution in [2.45, 2.75) is 23.9 Å². The predicted molar refractivity (Wildman–Crippen MR) is 67.6 cm³/mol. The normalized spacial score (nSPS) is 14.3. The largest absolute Gasteiger partial charge is 0.441 e. The fourth-order valence-electron chi connectivity index (χ4n) is 1.59. The van der Waals surface area contributed by atoms with Gasteiger partial charge in [0.05, 0.1) is 13.4 Å². The van der Waals surface area contributed by atoms with Crippen molar-refractivity contribution < 1.29 is 48.8 Å². The number of carbonyl (C=O) groups excluding carboxylic acids is 1. The maximum atomic E-state index is 13.6. The van der Waals surface area contributed by atoms with E-state index in [9.17, 15) is 39.6 Å². The zero-order chi connectivity index (χ0) is 18.9. The van der Waals surface area contributed by atoms with Gasteiger partial charge in [0.2, 0.25) is 0 Å². The van der Waals surface area contributed by atoms with Gasteiger partial charge in [-0.1, -0.05) is 18.5 Å². The van der Waals surface area contributed by atoms with Crippen LogP contribution in [-0.4, -0.2) is 44.3 Å². The summed E-state index contributed by atoms with van der Waals surface area (Å²) in [6.07, 6.45) is -11.2. The van der Waals surface area contributed by atoms with E-state index in [-0.39, 0.29) is 5.56 Å². The van der Waals surface area contributed by atoms with Crippen molar-refractivity contribution >= 4 is 23.9 Å². The van der Waals surface area contributed by atoms with E-state index in [0.29, 0.717) is 6.07 Å². The molecule has 132 valence electrons. The van der Waals surface area contributed by atoms with Crippen molar-refractivity contribution in [3.8, 4) is 0 Å². The molecule has 1 N–H and O–H groups in total. The number of ether oxygens (including phenoxy) is 1. The van der Waals surface area contributed by atoms with Crippen LogP contribution in [0.5, 0.6) is 0 Å². The molecule has 1 unspecified atom stereocenters. The molecule has 2 radical (unpaired) electrons. The first-order chi connectivity index (χ1) is 10.7. The van der Waals surface area contributed by atoms with Gasteiger partial charge in [-0.3, -0.25) is 4.55 Å². The van der Waals surface area contributed by atoms with Gasteiger partial charge in [0, 0.05) is 0 Å². The van der Waals surface area contributed by atoms with Crippen LogP contribution in [-0.2, 0) is 21.2 Å². The maximum Gasteiger partial charge on any atom is 0.432 e. The number of alkyl halides is 5. The van der Waals surface area contributed by atoms with Gasteiger partial charge < -0.3 is 4.74 Å². The monoisotopic (exact) mass is 376 g/mol. The van der Waals surface area contributed by atoms with Crippen LogP contribution in [0, 0.1) is 5.82 Å². The molecule has 0 aliphatic carbocycles. The number of carbonyl (C=O) groups is 1. The Morgan fingerprint density at radius 1 is 1.25 bits per heavy atom. The zero-order valence-corrected chi connectivity index (χ0v) is 12.2. The lowest BCUT2D eigenvalue weighted by atomic mass is 9.92. The standard InChI is InChI=1S/C11H7BF6O5S/c12-4-5-2-1-3-6(13)7(5)8(19)23-9(10(14,15)16)11(17,18)24(20,21)22/h1-3,9H,4H2,(H,20,21,22). The summed E-state index contributed by atoms with van der Waals surface area (Å²) in [7, 11) is -1.44. The molecule has 0 spiro atoms. The molecule has 24 heavy (non-hydrogen) atoms. The van der Waals surface area contributed by atoms with Crippen LogP contribution in [0.1, 0.15) is 15.9 Å². The second kappa shape index (κ2) is 6.63. The third-order valence-electron chi connectivity index (χ3n) is 2.70. The summed E-state index contributed by atoms with van der Waals surface area (Å²) in [4.78, 5) is 11.6. The molecule has 5 nitrogen and oxygen atoms in total. The van der Waals surface area contributed by atoms with Crippen molar-refractivity contribution in [3.63, 3.8) is 0 Å². The van der Waals surface area contributed by atoms with Crippen LogP contribution in [0.2, 0.25) is 0 Å². The van der Waals surface area contributed by atoms with E-state index in [1.807, 2.05) is 0 Å². The van der Waals surface area contributed by atoms with Crippen LogP contribution in [0.15, 0.2) is 18.2 Å². The molecule has 1 aromatic carbocycles. The minimum atomic E-state index is -6.59. The van der Waals surface area contributed by atoms with E-state index >= 15 is 0 Å². The lowest BCUT2D eigenvalue weighted by Gasteiger charge is -2.26. The predicted octanol–water partition coefficient (Wildman–Crippen LogP) is 2.06. The second-order valence-electron chi connectivity index (χ2n) is 4.34. The Hall–Kier alpha value is -1.76. The van der Waals surface area contributed by atoms with Gasteiger partial charge >= 0.3 is 27.5 Å². The summed E-state index contributed by atoms with van der Waals surface area (Å²) >= 11 is 0. The van der Waals surface area contributed by atoms with Crippen molar-refractivity contribution in [3.05, 3.63) is 35.1 Å². The van der Waals surface area contributed by atoms with Gasteiger partial charge in [-0.2, -0.15) is 30.4 Å². The highest BCUT2D eigenvalue weighted by molar-refractivity contribution is 7.86. The Morgan fingerprint density at radius 2 is 1.79 bits per heavy atom. The molecular formula is C11H7BF6O5S. The molecule has 0 aliphatic heterocycles. The smallest absolute Gasteiger partial charge is 0.432 e. The average Bonchev–Trinajstić information content (AvgIpc) is 2.41. The Bertz CT molecular complexity index is 733. The summed E-state index contributed by atoms with van der Waals surface area (Å²) in [5.74, 6) is -3.64. The topological polar surface area (TPSA) is 80.7 Å². The van der Waals surface area contributed by atoms with E-state index < -0.39 is 51.3 Å². The lowest BCUT2D eigenvalue weighted by Crippen LogP contribution is -2.52. The Kier molecular flexibility index (Phi) is 5.60.